The molecule has 2 aliphatic rings. The molecule has 5 heteroatoms. The van der Waals surface area contributed by atoms with Gasteiger partial charge in [-0.15, -0.1) is 0 Å². The minimum Gasteiger partial charge on any atom is -0.350 e. The SMILES string of the molecule is NCCn1cnc(C(=O)NCC(C2CC2)C2CC2)c1. The minimum atomic E-state index is -0.0536. The number of imidazole rings is 1. The van der Waals surface area contributed by atoms with Gasteiger partial charge in [-0.2, -0.15) is 0 Å². The van der Waals surface area contributed by atoms with Crippen LogP contribution in [0.25, 0.3) is 0 Å². The topological polar surface area (TPSA) is 72.9 Å². The predicted molar refractivity (Wildman–Crippen MR) is 72.6 cm³/mol. The molecule has 104 valence electrons. The summed E-state index contributed by atoms with van der Waals surface area (Å²) < 4.78 is 1.86. The lowest BCUT2D eigenvalue weighted by Crippen LogP contribution is -2.31. The van der Waals surface area contributed by atoms with Crippen LogP contribution in [0.1, 0.15) is 36.2 Å². The van der Waals surface area contributed by atoms with Gasteiger partial charge < -0.3 is 15.6 Å². The van der Waals surface area contributed by atoms with Crippen molar-refractivity contribution in [2.75, 3.05) is 13.1 Å². The van der Waals surface area contributed by atoms with Gasteiger partial charge >= 0.3 is 0 Å². The third-order valence-corrected chi connectivity index (χ3v) is 4.21. The first-order valence-electron chi connectivity index (χ1n) is 7.28. The molecule has 0 atom stereocenters. The number of amides is 1. The zero-order valence-electron chi connectivity index (χ0n) is 11.2. The Hall–Kier alpha value is -1.36. The quantitative estimate of drug-likeness (QED) is 0.770. The fraction of sp³-hybridized carbons (Fsp3) is 0.714. The van der Waals surface area contributed by atoms with E-state index in [2.05, 4.69) is 10.3 Å². The van der Waals surface area contributed by atoms with Gasteiger partial charge in [-0.1, -0.05) is 0 Å². The standard InChI is InChI=1S/C14H22N4O/c15-5-6-18-8-13(17-9-18)14(19)16-7-12(10-1-2-10)11-3-4-11/h8-12H,1-7,15H2,(H,16,19). The molecular weight excluding hydrogens is 240 g/mol. The molecule has 2 fully saturated rings. The highest BCUT2D eigenvalue weighted by Gasteiger charge is 2.41. The van der Waals surface area contributed by atoms with Gasteiger partial charge in [0, 0.05) is 25.8 Å². The summed E-state index contributed by atoms with van der Waals surface area (Å²) in [5.74, 6) is 2.38. The molecule has 1 amide bonds. The predicted octanol–water partition coefficient (Wildman–Crippen LogP) is 1.01. The minimum absolute atomic E-state index is 0.0536. The molecule has 5 nitrogen and oxygen atoms in total. The van der Waals surface area contributed by atoms with Crippen molar-refractivity contribution >= 4 is 5.91 Å². The summed E-state index contributed by atoms with van der Waals surface area (Å²) in [4.78, 5) is 16.2. The van der Waals surface area contributed by atoms with E-state index in [1.807, 2.05) is 4.57 Å². The van der Waals surface area contributed by atoms with Crippen LogP contribution in [-0.4, -0.2) is 28.5 Å². The molecule has 0 radical (unpaired) electrons. The van der Waals surface area contributed by atoms with Gasteiger partial charge in [0.2, 0.25) is 0 Å². The summed E-state index contributed by atoms with van der Waals surface area (Å²) in [5.41, 5.74) is 5.97. The molecule has 3 N–H and O–H groups in total. The summed E-state index contributed by atoms with van der Waals surface area (Å²) in [6.45, 7) is 2.08. The Morgan fingerprint density at radius 2 is 2.11 bits per heavy atom. The molecule has 1 aromatic rings. The number of nitrogens with two attached hydrogens (primary N) is 1. The number of carbonyl (C=O) groups is 1. The van der Waals surface area contributed by atoms with Crippen LogP contribution >= 0.6 is 0 Å². The van der Waals surface area contributed by atoms with Crippen LogP contribution in [0.5, 0.6) is 0 Å². The molecule has 0 bridgehead atoms. The van der Waals surface area contributed by atoms with Crippen molar-refractivity contribution in [1.82, 2.24) is 14.9 Å². The largest absolute Gasteiger partial charge is 0.350 e. The molecule has 1 heterocycles. The lowest BCUT2D eigenvalue weighted by Gasteiger charge is -2.15. The lowest BCUT2D eigenvalue weighted by atomic mass is 9.98. The van der Waals surface area contributed by atoms with E-state index in [-0.39, 0.29) is 5.91 Å². The van der Waals surface area contributed by atoms with Crippen molar-refractivity contribution in [1.29, 1.82) is 0 Å². The Bertz CT molecular complexity index is 436. The van der Waals surface area contributed by atoms with E-state index in [1.165, 1.54) is 25.7 Å². The molecule has 19 heavy (non-hydrogen) atoms. The lowest BCUT2D eigenvalue weighted by molar-refractivity contribution is 0.0939. The molecule has 1 aromatic heterocycles. The summed E-state index contributed by atoms with van der Waals surface area (Å²) >= 11 is 0. The van der Waals surface area contributed by atoms with Gasteiger partial charge in [0.1, 0.15) is 5.69 Å². The van der Waals surface area contributed by atoms with Crippen LogP contribution < -0.4 is 11.1 Å². The fourth-order valence-corrected chi connectivity index (χ4v) is 2.82. The average Bonchev–Trinajstić information content (AvgIpc) is 3.31. The summed E-state index contributed by atoms with van der Waals surface area (Å²) in [5, 5.41) is 3.05. The van der Waals surface area contributed by atoms with Crippen LogP contribution in [0.4, 0.5) is 0 Å². The van der Waals surface area contributed by atoms with E-state index in [9.17, 15) is 4.79 Å². The van der Waals surface area contributed by atoms with E-state index in [0.29, 0.717) is 24.7 Å². The second-order valence-electron chi connectivity index (χ2n) is 5.83. The number of aromatic nitrogens is 2. The first kappa shape index (κ1) is 12.7. The van der Waals surface area contributed by atoms with Crippen molar-refractivity contribution in [2.45, 2.75) is 32.2 Å². The van der Waals surface area contributed by atoms with Gasteiger partial charge in [0.05, 0.1) is 6.33 Å². The average molecular weight is 262 g/mol. The fourth-order valence-electron chi connectivity index (χ4n) is 2.82. The number of rotatable bonds is 7. The highest BCUT2D eigenvalue weighted by Crippen LogP contribution is 2.48. The zero-order valence-corrected chi connectivity index (χ0v) is 11.2. The number of hydrogen-bond acceptors (Lipinski definition) is 3. The first-order valence-corrected chi connectivity index (χ1v) is 7.28. The van der Waals surface area contributed by atoms with E-state index >= 15 is 0 Å². The smallest absolute Gasteiger partial charge is 0.271 e. The Labute approximate surface area is 113 Å². The van der Waals surface area contributed by atoms with E-state index in [1.54, 1.807) is 12.5 Å². The van der Waals surface area contributed by atoms with Crippen LogP contribution in [-0.2, 0) is 6.54 Å². The van der Waals surface area contributed by atoms with Crippen molar-refractivity contribution in [3.63, 3.8) is 0 Å². The Balaban J connectivity index is 1.51. The molecule has 0 unspecified atom stereocenters. The van der Waals surface area contributed by atoms with Crippen LogP contribution in [0.2, 0.25) is 0 Å². The molecule has 0 aliphatic heterocycles. The van der Waals surface area contributed by atoms with Crippen LogP contribution in [0.3, 0.4) is 0 Å². The highest BCUT2D eigenvalue weighted by molar-refractivity contribution is 5.92. The number of nitrogens with one attached hydrogen (secondary N) is 1. The monoisotopic (exact) mass is 262 g/mol. The molecule has 3 rings (SSSR count). The van der Waals surface area contributed by atoms with Gasteiger partial charge in [-0.3, -0.25) is 4.79 Å². The highest BCUT2D eigenvalue weighted by atomic mass is 16.1. The molecular formula is C14H22N4O. The Kier molecular flexibility index (Phi) is 3.55. The van der Waals surface area contributed by atoms with Crippen molar-refractivity contribution in [3.8, 4) is 0 Å². The molecule has 0 aromatic carbocycles. The maximum Gasteiger partial charge on any atom is 0.271 e. The molecule has 0 spiro atoms. The van der Waals surface area contributed by atoms with Gasteiger partial charge in [-0.05, 0) is 43.4 Å². The number of hydrogen-bond donors (Lipinski definition) is 2. The third-order valence-electron chi connectivity index (χ3n) is 4.21. The van der Waals surface area contributed by atoms with Crippen LogP contribution in [0.15, 0.2) is 12.5 Å². The van der Waals surface area contributed by atoms with E-state index < -0.39 is 0 Å². The third kappa shape index (κ3) is 3.15. The second kappa shape index (κ2) is 5.33. The van der Waals surface area contributed by atoms with Crippen LogP contribution in [0, 0.1) is 17.8 Å². The number of nitrogens with zero attached hydrogens (tertiary/aromatic N) is 2. The molecule has 2 aliphatic carbocycles. The summed E-state index contributed by atoms with van der Waals surface area (Å²) in [6.07, 6.45) is 8.83. The van der Waals surface area contributed by atoms with Crippen molar-refractivity contribution in [3.05, 3.63) is 18.2 Å². The van der Waals surface area contributed by atoms with Gasteiger partial charge in [0.25, 0.3) is 5.91 Å². The second-order valence-corrected chi connectivity index (χ2v) is 5.83. The Morgan fingerprint density at radius 3 is 2.68 bits per heavy atom. The van der Waals surface area contributed by atoms with Gasteiger partial charge in [-0.25, -0.2) is 4.98 Å². The molecule has 0 saturated heterocycles. The van der Waals surface area contributed by atoms with Crippen molar-refractivity contribution in [2.24, 2.45) is 23.5 Å². The summed E-state index contributed by atoms with van der Waals surface area (Å²) in [6, 6.07) is 0. The zero-order chi connectivity index (χ0) is 13.2. The summed E-state index contributed by atoms with van der Waals surface area (Å²) in [7, 11) is 0. The first-order chi connectivity index (χ1) is 9.28. The maximum absolute atomic E-state index is 12.0. The maximum atomic E-state index is 12.0. The normalized spacial score (nSPS) is 18.8. The van der Waals surface area contributed by atoms with Crippen molar-refractivity contribution < 1.29 is 4.79 Å². The van der Waals surface area contributed by atoms with Gasteiger partial charge in [0.15, 0.2) is 0 Å². The Morgan fingerprint density at radius 1 is 1.42 bits per heavy atom. The van der Waals surface area contributed by atoms with E-state index in [0.717, 1.165) is 18.4 Å². The van der Waals surface area contributed by atoms with E-state index in [4.69, 9.17) is 5.73 Å². The molecule has 2 saturated carbocycles. The number of carbonyl (C=O) groups excluding carboxylic acids is 1.